The maximum atomic E-state index is 12.2. The molecule has 2 aromatic heterocycles. The van der Waals surface area contributed by atoms with Crippen LogP contribution in [0.2, 0.25) is 0 Å². The van der Waals surface area contributed by atoms with E-state index in [0.717, 1.165) is 30.8 Å². The predicted octanol–water partition coefficient (Wildman–Crippen LogP) is 2.02. The summed E-state index contributed by atoms with van der Waals surface area (Å²) >= 11 is 0. The van der Waals surface area contributed by atoms with Crippen LogP contribution < -0.4 is 0 Å². The molecule has 2 aromatic rings. The lowest BCUT2D eigenvalue weighted by molar-refractivity contribution is -0.130. The highest BCUT2D eigenvalue weighted by Crippen LogP contribution is 2.29. The minimum absolute atomic E-state index is 0.207. The summed E-state index contributed by atoms with van der Waals surface area (Å²) in [5, 5.41) is 0. The predicted molar refractivity (Wildman–Crippen MR) is 90.0 cm³/mol. The van der Waals surface area contributed by atoms with Gasteiger partial charge in [-0.15, -0.1) is 0 Å². The summed E-state index contributed by atoms with van der Waals surface area (Å²) in [4.78, 5) is 24.7. The number of nitrogens with zero attached hydrogens (tertiary/aromatic N) is 4. The molecule has 0 N–H and O–H groups in total. The number of rotatable bonds is 4. The van der Waals surface area contributed by atoms with Crippen LogP contribution in [-0.2, 0) is 4.79 Å². The van der Waals surface area contributed by atoms with Crippen molar-refractivity contribution in [1.82, 2.24) is 19.8 Å². The molecular formula is C18H22N4O. The third-order valence-corrected chi connectivity index (χ3v) is 4.21. The zero-order valence-corrected chi connectivity index (χ0v) is 13.6. The molecule has 5 heteroatoms. The Morgan fingerprint density at radius 2 is 2.22 bits per heavy atom. The molecule has 1 amide bonds. The third-order valence-electron chi connectivity index (χ3n) is 4.21. The Morgan fingerprint density at radius 1 is 1.35 bits per heavy atom. The Bertz CT molecular complexity index is 672. The lowest BCUT2D eigenvalue weighted by Crippen LogP contribution is -2.36. The highest BCUT2D eigenvalue weighted by molar-refractivity contribution is 5.78. The van der Waals surface area contributed by atoms with Crippen molar-refractivity contribution >= 4 is 5.91 Å². The molecular weight excluding hydrogens is 288 g/mol. The normalized spacial score (nSPS) is 17.7. The average molecular weight is 310 g/mol. The fraction of sp³-hybridized carbons (Fsp3) is 0.389. The van der Waals surface area contributed by atoms with Crippen LogP contribution in [0.4, 0.5) is 0 Å². The van der Waals surface area contributed by atoms with Gasteiger partial charge in [0.15, 0.2) is 0 Å². The SMILES string of the molecule is CN(C)CC(=O)N1CCC(c2ccnc(-c3cccnc3)c2)C1. The van der Waals surface area contributed by atoms with Crippen LogP contribution in [0.3, 0.4) is 0 Å². The van der Waals surface area contributed by atoms with Crippen molar-refractivity contribution in [2.75, 3.05) is 33.7 Å². The maximum Gasteiger partial charge on any atom is 0.236 e. The van der Waals surface area contributed by atoms with Crippen molar-refractivity contribution in [3.63, 3.8) is 0 Å². The summed E-state index contributed by atoms with van der Waals surface area (Å²) in [7, 11) is 3.85. The van der Waals surface area contributed by atoms with E-state index in [1.165, 1.54) is 5.56 Å². The molecule has 1 aliphatic heterocycles. The second-order valence-corrected chi connectivity index (χ2v) is 6.28. The summed E-state index contributed by atoms with van der Waals surface area (Å²) in [5.41, 5.74) is 3.21. The van der Waals surface area contributed by atoms with Gasteiger partial charge in [-0.05, 0) is 50.3 Å². The summed E-state index contributed by atoms with van der Waals surface area (Å²) in [6, 6.07) is 8.12. The van der Waals surface area contributed by atoms with E-state index in [4.69, 9.17) is 0 Å². The van der Waals surface area contributed by atoms with E-state index in [1.54, 1.807) is 6.20 Å². The Hall–Kier alpha value is -2.27. The molecule has 0 aromatic carbocycles. The molecule has 3 rings (SSSR count). The molecule has 120 valence electrons. The number of hydrogen-bond acceptors (Lipinski definition) is 4. The lowest BCUT2D eigenvalue weighted by Gasteiger charge is -2.19. The fourth-order valence-electron chi connectivity index (χ4n) is 3.00. The van der Waals surface area contributed by atoms with Gasteiger partial charge in [-0.3, -0.25) is 14.8 Å². The monoisotopic (exact) mass is 310 g/mol. The summed E-state index contributed by atoms with van der Waals surface area (Å²) in [5.74, 6) is 0.596. The first-order valence-corrected chi connectivity index (χ1v) is 7.92. The largest absolute Gasteiger partial charge is 0.341 e. The highest BCUT2D eigenvalue weighted by Gasteiger charge is 2.27. The van der Waals surface area contributed by atoms with Crippen LogP contribution in [0.1, 0.15) is 17.9 Å². The molecule has 1 atom stereocenters. The van der Waals surface area contributed by atoms with Gasteiger partial charge in [0.1, 0.15) is 0 Å². The fourth-order valence-corrected chi connectivity index (χ4v) is 3.00. The highest BCUT2D eigenvalue weighted by atomic mass is 16.2. The van der Waals surface area contributed by atoms with Gasteiger partial charge in [0, 0.05) is 43.2 Å². The van der Waals surface area contributed by atoms with Crippen LogP contribution in [-0.4, -0.2) is 59.4 Å². The first-order chi connectivity index (χ1) is 11.1. The van der Waals surface area contributed by atoms with E-state index in [2.05, 4.69) is 22.1 Å². The van der Waals surface area contributed by atoms with Gasteiger partial charge in [0.25, 0.3) is 0 Å². The first kappa shape index (κ1) is 15.6. The van der Waals surface area contributed by atoms with Gasteiger partial charge >= 0.3 is 0 Å². The molecule has 1 saturated heterocycles. The molecule has 3 heterocycles. The Morgan fingerprint density at radius 3 is 2.96 bits per heavy atom. The Balaban J connectivity index is 1.72. The average Bonchev–Trinajstić information content (AvgIpc) is 3.05. The van der Waals surface area contributed by atoms with Crippen molar-refractivity contribution in [2.24, 2.45) is 0 Å². The number of likely N-dealkylation sites (tertiary alicyclic amines) is 1. The second-order valence-electron chi connectivity index (χ2n) is 6.28. The first-order valence-electron chi connectivity index (χ1n) is 7.92. The van der Waals surface area contributed by atoms with Crippen LogP contribution in [0.5, 0.6) is 0 Å². The second kappa shape index (κ2) is 6.87. The van der Waals surface area contributed by atoms with Gasteiger partial charge in [0.05, 0.1) is 12.2 Å². The molecule has 0 aliphatic carbocycles. The van der Waals surface area contributed by atoms with E-state index in [9.17, 15) is 4.79 Å². The Kier molecular flexibility index (Phi) is 4.67. The van der Waals surface area contributed by atoms with E-state index in [1.807, 2.05) is 48.4 Å². The minimum atomic E-state index is 0.207. The number of carbonyl (C=O) groups is 1. The molecule has 1 fully saturated rings. The molecule has 0 radical (unpaired) electrons. The summed E-state index contributed by atoms with van der Waals surface area (Å²) in [6.45, 7) is 2.11. The number of pyridine rings is 2. The van der Waals surface area contributed by atoms with E-state index >= 15 is 0 Å². The molecule has 23 heavy (non-hydrogen) atoms. The number of hydrogen-bond donors (Lipinski definition) is 0. The number of likely N-dealkylation sites (N-methyl/N-ethyl adjacent to an activating group) is 1. The third kappa shape index (κ3) is 3.74. The van der Waals surface area contributed by atoms with Crippen molar-refractivity contribution in [3.05, 3.63) is 48.4 Å². The van der Waals surface area contributed by atoms with Gasteiger partial charge in [0.2, 0.25) is 5.91 Å². The molecule has 1 unspecified atom stereocenters. The zero-order chi connectivity index (χ0) is 16.2. The van der Waals surface area contributed by atoms with Crippen molar-refractivity contribution < 1.29 is 4.79 Å². The number of amides is 1. The molecule has 1 aliphatic rings. The summed E-state index contributed by atoms with van der Waals surface area (Å²) in [6.07, 6.45) is 6.45. The van der Waals surface area contributed by atoms with Crippen LogP contribution in [0.15, 0.2) is 42.9 Å². The number of aromatic nitrogens is 2. The van der Waals surface area contributed by atoms with E-state index in [-0.39, 0.29) is 5.91 Å². The lowest BCUT2D eigenvalue weighted by atomic mass is 9.98. The standard InChI is InChI=1S/C18H22N4O/c1-21(2)13-18(23)22-9-6-16(12-22)14-5-8-20-17(10-14)15-4-3-7-19-11-15/h3-5,7-8,10-11,16H,6,9,12-13H2,1-2H3. The van der Waals surface area contributed by atoms with Gasteiger partial charge in [-0.25, -0.2) is 0 Å². The Labute approximate surface area is 137 Å². The molecule has 0 spiro atoms. The quantitative estimate of drug-likeness (QED) is 0.867. The molecule has 0 bridgehead atoms. The summed E-state index contributed by atoms with van der Waals surface area (Å²) < 4.78 is 0. The van der Waals surface area contributed by atoms with Crippen molar-refractivity contribution in [3.8, 4) is 11.3 Å². The van der Waals surface area contributed by atoms with Crippen molar-refractivity contribution in [2.45, 2.75) is 12.3 Å². The topological polar surface area (TPSA) is 49.3 Å². The van der Waals surface area contributed by atoms with Crippen molar-refractivity contribution in [1.29, 1.82) is 0 Å². The van der Waals surface area contributed by atoms with Crippen LogP contribution >= 0.6 is 0 Å². The minimum Gasteiger partial charge on any atom is -0.341 e. The van der Waals surface area contributed by atoms with Crippen LogP contribution in [0.25, 0.3) is 11.3 Å². The number of carbonyl (C=O) groups excluding carboxylic acids is 1. The molecule has 5 nitrogen and oxygen atoms in total. The van der Waals surface area contributed by atoms with Crippen LogP contribution in [0, 0.1) is 0 Å². The maximum absolute atomic E-state index is 12.2. The van der Waals surface area contributed by atoms with E-state index < -0.39 is 0 Å². The zero-order valence-electron chi connectivity index (χ0n) is 13.6. The van der Waals surface area contributed by atoms with Gasteiger partial charge in [-0.1, -0.05) is 0 Å². The molecule has 0 saturated carbocycles. The van der Waals surface area contributed by atoms with E-state index in [0.29, 0.717) is 12.5 Å². The van der Waals surface area contributed by atoms with Gasteiger partial charge < -0.3 is 9.80 Å². The van der Waals surface area contributed by atoms with Gasteiger partial charge in [-0.2, -0.15) is 0 Å². The smallest absolute Gasteiger partial charge is 0.236 e.